The van der Waals surface area contributed by atoms with Gasteiger partial charge in [-0.1, -0.05) is 99.3 Å². The maximum Gasteiger partial charge on any atom is 0.118 e. The lowest BCUT2D eigenvalue weighted by Gasteiger charge is -2.33. The fourth-order valence-electron chi connectivity index (χ4n) is 6.51. The van der Waals surface area contributed by atoms with Crippen molar-refractivity contribution < 1.29 is 4.74 Å². The number of thiophene rings is 1. The van der Waals surface area contributed by atoms with E-state index in [1.165, 1.54) is 107 Å². The van der Waals surface area contributed by atoms with Crippen LogP contribution in [0.2, 0.25) is 0 Å². The van der Waals surface area contributed by atoms with E-state index >= 15 is 0 Å². The molecule has 0 aliphatic heterocycles. The Morgan fingerprint density at radius 2 is 1.28 bits per heavy atom. The molecule has 204 valence electrons. The van der Waals surface area contributed by atoms with Crippen molar-refractivity contribution in [1.82, 2.24) is 0 Å². The third-order valence-corrected chi connectivity index (χ3v) is 10.0. The fraction of sp³-hybridized carbons (Fsp3) is 0.389. The highest BCUT2D eigenvalue weighted by molar-refractivity contribution is 9.10. The zero-order valence-corrected chi connectivity index (χ0v) is 26.1. The van der Waals surface area contributed by atoms with Gasteiger partial charge in [0, 0.05) is 20.3 Å². The molecule has 0 N–H and O–H groups in total. The van der Waals surface area contributed by atoms with Gasteiger partial charge in [-0.3, -0.25) is 0 Å². The van der Waals surface area contributed by atoms with Gasteiger partial charge < -0.3 is 4.74 Å². The molecule has 4 aromatic rings. The van der Waals surface area contributed by atoms with Gasteiger partial charge in [-0.25, -0.2) is 0 Å². The lowest BCUT2D eigenvalue weighted by Crippen LogP contribution is -2.25. The van der Waals surface area contributed by atoms with Crippen LogP contribution in [0, 0.1) is 0 Å². The second kappa shape index (κ2) is 12.9. The molecule has 1 aliphatic rings. The van der Waals surface area contributed by atoms with E-state index < -0.39 is 0 Å². The lowest BCUT2D eigenvalue weighted by molar-refractivity contribution is 0.401. The van der Waals surface area contributed by atoms with Crippen molar-refractivity contribution in [3.63, 3.8) is 0 Å². The van der Waals surface area contributed by atoms with Crippen molar-refractivity contribution in [1.29, 1.82) is 0 Å². The number of rotatable bonds is 13. The predicted octanol–water partition coefficient (Wildman–Crippen LogP) is 12.1. The average molecular weight is 602 g/mol. The molecule has 5 rings (SSSR count). The number of halogens is 1. The zero-order valence-electron chi connectivity index (χ0n) is 23.7. The van der Waals surface area contributed by atoms with E-state index in [0.717, 1.165) is 5.75 Å². The molecular weight excluding hydrogens is 560 g/mol. The molecule has 3 aromatic carbocycles. The van der Waals surface area contributed by atoms with Gasteiger partial charge in [0.2, 0.25) is 0 Å². The van der Waals surface area contributed by atoms with Gasteiger partial charge in [-0.2, -0.15) is 0 Å². The smallest absolute Gasteiger partial charge is 0.118 e. The standard InChI is InChI=1S/C36H41BrOS/c1-4-6-8-10-21-36(22-11-9-7-5-2)33-24-27(14-18-31(33)32-19-15-28(37)25-34(32)36)30-20-23-39-35(30)26-12-16-29(38-3)17-13-26/h12-20,23-25H,4-11,21-22H2,1-3H3. The molecule has 0 saturated heterocycles. The molecule has 1 aliphatic carbocycles. The summed E-state index contributed by atoms with van der Waals surface area (Å²) in [5.41, 5.74) is 9.96. The van der Waals surface area contributed by atoms with E-state index in [1.807, 2.05) is 11.3 Å². The van der Waals surface area contributed by atoms with E-state index in [-0.39, 0.29) is 5.41 Å². The third kappa shape index (κ3) is 5.77. The van der Waals surface area contributed by atoms with Crippen LogP contribution in [0.1, 0.15) is 89.2 Å². The number of methoxy groups -OCH3 is 1. The Hall–Kier alpha value is -2.36. The van der Waals surface area contributed by atoms with E-state index in [1.54, 1.807) is 12.7 Å². The molecular formula is C36H41BrOS. The maximum atomic E-state index is 5.41. The van der Waals surface area contributed by atoms with Crippen LogP contribution in [0.15, 0.2) is 76.6 Å². The van der Waals surface area contributed by atoms with E-state index in [9.17, 15) is 0 Å². The molecule has 0 unspecified atom stereocenters. The summed E-state index contributed by atoms with van der Waals surface area (Å²) in [5, 5.41) is 2.23. The van der Waals surface area contributed by atoms with E-state index in [2.05, 4.69) is 102 Å². The summed E-state index contributed by atoms with van der Waals surface area (Å²) in [6.07, 6.45) is 12.9. The van der Waals surface area contributed by atoms with Crippen molar-refractivity contribution in [2.45, 2.75) is 83.5 Å². The Labute approximate surface area is 247 Å². The van der Waals surface area contributed by atoms with Crippen LogP contribution in [-0.4, -0.2) is 7.11 Å². The Balaban J connectivity index is 1.60. The summed E-state index contributed by atoms with van der Waals surface area (Å²) in [4.78, 5) is 1.33. The number of hydrogen-bond donors (Lipinski definition) is 0. The number of fused-ring (bicyclic) bond motifs is 3. The molecule has 1 aromatic heterocycles. The number of ether oxygens (including phenoxy) is 1. The molecule has 0 fully saturated rings. The fourth-order valence-corrected chi connectivity index (χ4v) is 7.79. The van der Waals surface area contributed by atoms with Gasteiger partial charge >= 0.3 is 0 Å². The SMILES string of the molecule is CCCCCCC1(CCCCCC)c2cc(Br)ccc2-c2ccc(-c3ccsc3-c3ccc(OC)cc3)cc21. The maximum absolute atomic E-state index is 5.41. The second-order valence-corrected chi connectivity index (χ2v) is 12.9. The van der Waals surface area contributed by atoms with Gasteiger partial charge in [-0.15, -0.1) is 11.3 Å². The molecule has 0 amide bonds. The first kappa shape index (κ1) is 28.2. The first-order valence-corrected chi connectivity index (χ1v) is 16.5. The lowest BCUT2D eigenvalue weighted by atomic mass is 9.70. The van der Waals surface area contributed by atoms with E-state index in [4.69, 9.17) is 4.74 Å². The van der Waals surface area contributed by atoms with Gasteiger partial charge in [-0.05, 0) is 100 Å². The van der Waals surface area contributed by atoms with Crippen LogP contribution < -0.4 is 4.74 Å². The minimum absolute atomic E-state index is 0.0856. The van der Waals surface area contributed by atoms with Crippen molar-refractivity contribution in [2.24, 2.45) is 0 Å². The highest BCUT2D eigenvalue weighted by Gasteiger charge is 2.42. The highest BCUT2D eigenvalue weighted by Crippen LogP contribution is 2.56. The topological polar surface area (TPSA) is 9.23 Å². The van der Waals surface area contributed by atoms with Gasteiger partial charge in [0.25, 0.3) is 0 Å². The largest absolute Gasteiger partial charge is 0.497 e. The first-order valence-electron chi connectivity index (χ1n) is 14.8. The highest BCUT2D eigenvalue weighted by atomic mass is 79.9. The Kier molecular flexibility index (Phi) is 9.30. The van der Waals surface area contributed by atoms with E-state index in [0.29, 0.717) is 0 Å². The summed E-state index contributed by atoms with van der Waals surface area (Å²) >= 11 is 5.66. The quantitative estimate of drug-likeness (QED) is 0.139. The Morgan fingerprint density at radius 1 is 0.667 bits per heavy atom. The molecule has 0 bridgehead atoms. The van der Waals surface area contributed by atoms with Crippen LogP contribution in [0.25, 0.3) is 32.7 Å². The number of benzene rings is 3. The van der Waals surface area contributed by atoms with Crippen molar-refractivity contribution in [3.8, 4) is 38.4 Å². The van der Waals surface area contributed by atoms with Crippen molar-refractivity contribution in [2.75, 3.05) is 7.11 Å². The van der Waals surface area contributed by atoms with Crippen LogP contribution in [-0.2, 0) is 5.41 Å². The van der Waals surface area contributed by atoms with Gasteiger partial charge in [0.05, 0.1) is 7.11 Å². The molecule has 39 heavy (non-hydrogen) atoms. The minimum atomic E-state index is 0.0856. The zero-order chi connectivity index (χ0) is 27.2. The molecule has 3 heteroatoms. The Bertz CT molecular complexity index is 1370. The number of hydrogen-bond acceptors (Lipinski definition) is 2. The van der Waals surface area contributed by atoms with Crippen LogP contribution >= 0.6 is 27.3 Å². The minimum Gasteiger partial charge on any atom is -0.497 e. The molecule has 0 radical (unpaired) electrons. The first-order chi connectivity index (χ1) is 19.1. The van der Waals surface area contributed by atoms with Crippen molar-refractivity contribution >= 4 is 27.3 Å². The molecule has 1 nitrogen and oxygen atoms in total. The van der Waals surface area contributed by atoms with Gasteiger partial charge in [0.1, 0.15) is 5.75 Å². The van der Waals surface area contributed by atoms with Crippen LogP contribution in [0.5, 0.6) is 5.75 Å². The predicted molar refractivity (Wildman–Crippen MR) is 173 cm³/mol. The van der Waals surface area contributed by atoms with Crippen LogP contribution in [0.4, 0.5) is 0 Å². The third-order valence-electron chi connectivity index (χ3n) is 8.57. The van der Waals surface area contributed by atoms with Crippen LogP contribution in [0.3, 0.4) is 0 Å². The molecule has 0 spiro atoms. The average Bonchev–Trinajstić information content (AvgIpc) is 3.55. The summed E-state index contributed by atoms with van der Waals surface area (Å²) in [6.45, 7) is 4.62. The normalized spacial score (nSPS) is 13.3. The number of unbranched alkanes of at least 4 members (excludes halogenated alkanes) is 6. The van der Waals surface area contributed by atoms with Crippen molar-refractivity contribution in [3.05, 3.63) is 87.7 Å². The molecule has 1 heterocycles. The molecule has 0 saturated carbocycles. The second-order valence-electron chi connectivity index (χ2n) is 11.0. The molecule has 0 atom stereocenters. The summed E-state index contributed by atoms with van der Waals surface area (Å²) < 4.78 is 6.60. The summed E-state index contributed by atoms with van der Waals surface area (Å²) in [5.74, 6) is 0.897. The summed E-state index contributed by atoms with van der Waals surface area (Å²) in [6, 6.07) is 25.1. The monoisotopic (exact) mass is 600 g/mol. The summed E-state index contributed by atoms with van der Waals surface area (Å²) in [7, 11) is 1.73. The van der Waals surface area contributed by atoms with Gasteiger partial charge in [0.15, 0.2) is 0 Å². The Morgan fingerprint density at radius 3 is 1.92 bits per heavy atom.